The van der Waals surface area contributed by atoms with Gasteiger partial charge >= 0.3 is 12.1 Å². The van der Waals surface area contributed by atoms with Crippen molar-refractivity contribution in [2.24, 2.45) is 0 Å². The van der Waals surface area contributed by atoms with Gasteiger partial charge in [0.05, 0.1) is 33.4 Å². The van der Waals surface area contributed by atoms with Crippen molar-refractivity contribution >= 4 is 23.8 Å². The van der Waals surface area contributed by atoms with E-state index in [2.05, 4.69) is 20.9 Å². The standard InChI is InChI=1S/C26H36N4O7/c1-26(2,3)37-25(33)28-14-15-36-19-8-6-18(7-9-19)12-13-27-21(24(32)35-5)16-23(31)30-22-11-10-20(34-4)17-29-22/h6-11,17,21,27H,12-16H2,1-5H3,(H,28,33)(H,29,30,31). The highest BCUT2D eigenvalue weighted by Crippen LogP contribution is 2.14. The molecule has 37 heavy (non-hydrogen) atoms. The van der Waals surface area contributed by atoms with Crippen LogP contribution in [0.5, 0.6) is 11.5 Å². The molecule has 0 saturated carbocycles. The summed E-state index contributed by atoms with van der Waals surface area (Å²) in [6.07, 6.45) is 1.52. The summed E-state index contributed by atoms with van der Waals surface area (Å²) >= 11 is 0. The number of nitrogens with zero attached hydrogens (tertiary/aromatic N) is 1. The first-order valence-electron chi connectivity index (χ1n) is 11.9. The summed E-state index contributed by atoms with van der Waals surface area (Å²) in [5.41, 5.74) is 0.468. The number of methoxy groups -OCH3 is 2. The zero-order valence-corrected chi connectivity index (χ0v) is 22.0. The molecule has 1 aromatic heterocycles. The molecule has 11 heteroatoms. The van der Waals surface area contributed by atoms with Gasteiger partial charge in [-0.05, 0) is 63.6 Å². The van der Waals surface area contributed by atoms with E-state index in [1.54, 1.807) is 32.9 Å². The van der Waals surface area contributed by atoms with E-state index in [0.717, 1.165) is 5.56 Å². The summed E-state index contributed by atoms with van der Waals surface area (Å²) in [5.74, 6) is 0.697. The second-order valence-electron chi connectivity index (χ2n) is 9.04. The molecular weight excluding hydrogens is 480 g/mol. The summed E-state index contributed by atoms with van der Waals surface area (Å²) in [7, 11) is 2.81. The smallest absolute Gasteiger partial charge is 0.407 e. The lowest BCUT2D eigenvalue weighted by molar-refractivity contribution is -0.144. The van der Waals surface area contributed by atoms with Crippen LogP contribution in [0, 0.1) is 0 Å². The second kappa shape index (κ2) is 14.6. The summed E-state index contributed by atoms with van der Waals surface area (Å²) < 4.78 is 20.7. The number of hydrogen-bond acceptors (Lipinski definition) is 9. The second-order valence-corrected chi connectivity index (χ2v) is 9.04. The third-order valence-corrected chi connectivity index (χ3v) is 4.88. The number of pyridine rings is 1. The van der Waals surface area contributed by atoms with Crippen molar-refractivity contribution < 1.29 is 33.3 Å². The zero-order valence-electron chi connectivity index (χ0n) is 22.0. The maximum Gasteiger partial charge on any atom is 0.407 e. The SMILES string of the molecule is COC(=O)C(CC(=O)Nc1ccc(OC)cn1)NCCc1ccc(OCCNC(=O)OC(C)(C)C)cc1. The van der Waals surface area contributed by atoms with Crippen LogP contribution in [0.2, 0.25) is 0 Å². The number of esters is 1. The van der Waals surface area contributed by atoms with Gasteiger partial charge in [-0.3, -0.25) is 9.59 Å². The summed E-state index contributed by atoms with van der Waals surface area (Å²) in [5, 5.41) is 8.37. The minimum atomic E-state index is -0.802. The van der Waals surface area contributed by atoms with Crippen molar-refractivity contribution in [3.63, 3.8) is 0 Å². The van der Waals surface area contributed by atoms with Gasteiger partial charge in [0.15, 0.2) is 0 Å². The number of carbonyl (C=O) groups excluding carboxylic acids is 3. The Labute approximate surface area is 217 Å². The fraction of sp³-hybridized carbons (Fsp3) is 0.462. The first-order valence-corrected chi connectivity index (χ1v) is 11.9. The number of anilines is 1. The number of rotatable bonds is 13. The van der Waals surface area contributed by atoms with Crippen LogP contribution in [0.15, 0.2) is 42.6 Å². The molecule has 0 spiro atoms. The first kappa shape index (κ1) is 29.4. The van der Waals surface area contributed by atoms with Crippen LogP contribution < -0.4 is 25.4 Å². The highest BCUT2D eigenvalue weighted by Gasteiger charge is 2.22. The van der Waals surface area contributed by atoms with Crippen molar-refractivity contribution in [2.45, 2.75) is 45.3 Å². The molecule has 0 aliphatic rings. The molecule has 0 radical (unpaired) electrons. The van der Waals surface area contributed by atoms with E-state index in [9.17, 15) is 14.4 Å². The summed E-state index contributed by atoms with van der Waals surface area (Å²) in [4.78, 5) is 40.3. The Morgan fingerprint density at radius 3 is 2.27 bits per heavy atom. The molecule has 0 aliphatic carbocycles. The molecule has 1 atom stereocenters. The molecule has 202 valence electrons. The van der Waals surface area contributed by atoms with Gasteiger partial charge in [-0.2, -0.15) is 0 Å². The van der Waals surface area contributed by atoms with E-state index in [1.165, 1.54) is 20.4 Å². The van der Waals surface area contributed by atoms with Gasteiger partial charge in [0.2, 0.25) is 5.91 Å². The van der Waals surface area contributed by atoms with E-state index >= 15 is 0 Å². The average molecular weight is 517 g/mol. The largest absolute Gasteiger partial charge is 0.495 e. The third kappa shape index (κ3) is 11.6. The quantitative estimate of drug-likeness (QED) is 0.271. The fourth-order valence-electron chi connectivity index (χ4n) is 3.11. The normalized spacial score (nSPS) is 11.7. The van der Waals surface area contributed by atoms with Crippen LogP contribution in [0.25, 0.3) is 0 Å². The lowest BCUT2D eigenvalue weighted by atomic mass is 10.1. The Morgan fingerprint density at radius 2 is 1.68 bits per heavy atom. The zero-order chi connectivity index (χ0) is 27.3. The molecule has 2 aromatic rings. The lowest BCUT2D eigenvalue weighted by Gasteiger charge is -2.19. The molecule has 11 nitrogen and oxygen atoms in total. The minimum absolute atomic E-state index is 0.107. The molecule has 1 heterocycles. The number of nitrogens with one attached hydrogen (secondary N) is 3. The number of carbonyl (C=O) groups is 3. The molecule has 1 aromatic carbocycles. The third-order valence-electron chi connectivity index (χ3n) is 4.88. The molecule has 0 saturated heterocycles. The molecule has 1 unspecified atom stereocenters. The molecular formula is C26H36N4O7. The predicted octanol–water partition coefficient (Wildman–Crippen LogP) is 2.70. The molecule has 3 N–H and O–H groups in total. The number of ether oxygens (including phenoxy) is 4. The van der Waals surface area contributed by atoms with Gasteiger partial charge in [0.25, 0.3) is 0 Å². The van der Waals surface area contributed by atoms with E-state index in [4.69, 9.17) is 18.9 Å². The van der Waals surface area contributed by atoms with Gasteiger partial charge in [0.1, 0.15) is 35.6 Å². The van der Waals surface area contributed by atoms with Crippen LogP contribution in [-0.4, -0.2) is 68.5 Å². The van der Waals surface area contributed by atoms with Gasteiger partial charge in [-0.1, -0.05) is 12.1 Å². The molecule has 2 rings (SSSR count). The number of amides is 2. The minimum Gasteiger partial charge on any atom is -0.495 e. The van der Waals surface area contributed by atoms with Crippen molar-refractivity contribution in [3.8, 4) is 11.5 Å². The molecule has 0 bridgehead atoms. The summed E-state index contributed by atoms with van der Waals surface area (Å²) in [6, 6.07) is 9.97. The van der Waals surface area contributed by atoms with Crippen LogP contribution in [-0.2, 0) is 25.5 Å². The maximum absolute atomic E-state index is 12.4. The van der Waals surface area contributed by atoms with E-state index < -0.39 is 23.7 Å². The Morgan fingerprint density at radius 1 is 0.973 bits per heavy atom. The Hall–Kier alpha value is -3.86. The predicted molar refractivity (Wildman–Crippen MR) is 138 cm³/mol. The van der Waals surface area contributed by atoms with Crippen LogP contribution in [0.3, 0.4) is 0 Å². The number of alkyl carbamates (subject to hydrolysis) is 1. The highest BCUT2D eigenvalue weighted by molar-refractivity contribution is 5.93. The van der Waals surface area contributed by atoms with Gasteiger partial charge in [0, 0.05) is 0 Å². The summed E-state index contributed by atoms with van der Waals surface area (Å²) in [6.45, 7) is 6.47. The first-order chi connectivity index (χ1) is 17.6. The number of hydrogen-bond donors (Lipinski definition) is 3. The Bertz CT molecular complexity index is 1010. The molecule has 0 fully saturated rings. The van der Waals surface area contributed by atoms with Crippen LogP contribution >= 0.6 is 0 Å². The monoisotopic (exact) mass is 516 g/mol. The Kier molecular flexibility index (Phi) is 11.6. The fourth-order valence-corrected chi connectivity index (χ4v) is 3.11. The van der Waals surface area contributed by atoms with Crippen LogP contribution in [0.1, 0.15) is 32.8 Å². The average Bonchev–Trinajstić information content (AvgIpc) is 2.85. The number of benzene rings is 1. The van der Waals surface area contributed by atoms with Gasteiger partial charge in [-0.15, -0.1) is 0 Å². The van der Waals surface area contributed by atoms with Gasteiger partial charge in [-0.25, -0.2) is 9.78 Å². The van der Waals surface area contributed by atoms with Crippen molar-refractivity contribution in [3.05, 3.63) is 48.2 Å². The Balaban J connectivity index is 1.75. The van der Waals surface area contributed by atoms with Crippen molar-refractivity contribution in [1.29, 1.82) is 0 Å². The van der Waals surface area contributed by atoms with Crippen molar-refractivity contribution in [2.75, 3.05) is 39.2 Å². The number of aromatic nitrogens is 1. The topological polar surface area (TPSA) is 137 Å². The van der Waals surface area contributed by atoms with Gasteiger partial charge < -0.3 is 34.9 Å². The lowest BCUT2D eigenvalue weighted by Crippen LogP contribution is -2.41. The van der Waals surface area contributed by atoms with E-state index in [1.807, 2.05) is 24.3 Å². The highest BCUT2D eigenvalue weighted by atomic mass is 16.6. The molecule has 2 amide bonds. The molecule has 0 aliphatic heterocycles. The van der Waals surface area contributed by atoms with Crippen LogP contribution in [0.4, 0.5) is 10.6 Å². The van der Waals surface area contributed by atoms with E-state index in [-0.39, 0.29) is 12.3 Å². The van der Waals surface area contributed by atoms with E-state index in [0.29, 0.717) is 43.4 Å². The van der Waals surface area contributed by atoms with Crippen molar-refractivity contribution in [1.82, 2.24) is 15.6 Å². The maximum atomic E-state index is 12.4.